The van der Waals surface area contributed by atoms with Gasteiger partial charge in [0.1, 0.15) is 10.7 Å². The summed E-state index contributed by atoms with van der Waals surface area (Å²) in [6.07, 6.45) is 0.394. The van der Waals surface area contributed by atoms with Crippen molar-refractivity contribution >= 4 is 27.3 Å². The van der Waals surface area contributed by atoms with Crippen molar-refractivity contribution in [2.45, 2.75) is 17.7 Å². The van der Waals surface area contributed by atoms with Gasteiger partial charge in [0.25, 0.3) is 0 Å². The van der Waals surface area contributed by atoms with Gasteiger partial charge < -0.3 is 5.32 Å². The molecule has 2 aromatic rings. The molecule has 0 spiro atoms. The molecule has 0 aromatic heterocycles. The lowest BCUT2D eigenvalue weighted by molar-refractivity contribution is -0.387. The minimum absolute atomic E-state index is 0.0261. The maximum Gasteiger partial charge on any atom is 0.306 e. The monoisotopic (exact) mass is 425 g/mol. The van der Waals surface area contributed by atoms with E-state index in [1.54, 1.807) is 0 Å². The van der Waals surface area contributed by atoms with Crippen LogP contribution in [0.25, 0.3) is 0 Å². The molecule has 11 heteroatoms. The molecule has 1 amide bonds. The Morgan fingerprint density at radius 3 is 2.38 bits per heavy atom. The molecule has 0 atom stereocenters. The zero-order valence-corrected chi connectivity index (χ0v) is 15.9. The van der Waals surface area contributed by atoms with Gasteiger partial charge in [-0.2, -0.15) is 8.70 Å². The van der Waals surface area contributed by atoms with E-state index in [-0.39, 0.29) is 31.6 Å². The molecule has 1 heterocycles. The summed E-state index contributed by atoms with van der Waals surface area (Å²) in [5.74, 6) is -2.84. The minimum Gasteiger partial charge on any atom is -0.326 e. The number of piperidine rings is 1. The number of benzene rings is 2. The van der Waals surface area contributed by atoms with E-state index < -0.39 is 49.0 Å². The number of rotatable bonds is 5. The third-order valence-corrected chi connectivity index (χ3v) is 6.62. The number of hydrogen-bond acceptors (Lipinski definition) is 5. The van der Waals surface area contributed by atoms with Crippen LogP contribution < -0.4 is 5.32 Å². The summed E-state index contributed by atoms with van der Waals surface area (Å²) in [6, 6.07) is 8.09. The highest BCUT2D eigenvalue weighted by Crippen LogP contribution is 2.27. The highest BCUT2D eigenvalue weighted by atomic mass is 32.2. The van der Waals surface area contributed by atoms with Crippen molar-refractivity contribution in [3.8, 4) is 0 Å². The summed E-state index contributed by atoms with van der Waals surface area (Å²) >= 11 is 0. The Labute approximate surface area is 165 Å². The van der Waals surface area contributed by atoms with E-state index in [1.165, 1.54) is 24.3 Å². The number of nitrogens with zero attached hydrogens (tertiary/aromatic N) is 2. The number of carbonyl (C=O) groups is 1. The molecule has 0 aliphatic carbocycles. The molecule has 1 aliphatic heterocycles. The van der Waals surface area contributed by atoms with Crippen molar-refractivity contribution < 1.29 is 26.9 Å². The van der Waals surface area contributed by atoms with E-state index in [4.69, 9.17) is 0 Å². The number of carbonyl (C=O) groups excluding carboxylic acids is 1. The Bertz CT molecular complexity index is 1050. The van der Waals surface area contributed by atoms with Gasteiger partial charge in [0.05, 0.1) is 4.92 Å². The van der Waals surface area contributed by atoms with Gasteiger partial charge in [0, 0.05) is 30.8 Å². The van der Waals surface area contributed by atoms with Crippen LogP contribution in [0.3, 0.4) is 0 Å². The molecular formula is C18H17F2N3O5S. The third-order valence-electron chi connectivity index (χ3n) is 4.69. The smallest absolute Gasteiger partial charge is 0.306 e. The lowest BCUT2D eigenvalue weighted by Crippen LogP contribution is -2.41. The van der Waals surface area contributed by atoms with Crippen LogP contribution in [0.2, 0.25) is 0 Å². The molecule has 1 saturated heterocycles. The Balaban J connectivity index is 1.65. The number of amides is 1. The van der Waals surface area contributed by atoms with Crippen LogP contribution in [-0.2, 0) is 14.8 Å². The van der Waals surface area contributed by atoms with Crippen molar-refractivity contribution in [1.29, 1.82) is 0 Å². The van der Waals surface area contributed by atoms with E-state index in [0.29, 0.717) is 0 Å². The second-order valence-electron chi connectivity index (χ2n) is 6.52. The zero-order valence-electron chi connectivity index (χ0n) is 15.0. The molecule has 3 rings (SSSR count). The predicted molar refractivity (Wildman–Crippen MR) is 99.6 cm³/mol. The largest absolute Gasteiger partial charge is 0.326 e. The number of sulfonamides is 1. The maximum atomic E-state index is 13.9. The maximum absolute atomic E-state index is 13.9. The fourth-order valence-corrected chi connectivity index (χ4v) is 4.66. The Morgan fingerprint density at radius 1 is 1.10 bits per heavy atom. The lowest BCUT2D eigenvalue weighted by atomic mass is 9.97. The van der Waals surface area contributed by atoms with Crippen LogP contribution in [-0.4, -0.2) is 36.6 Å². The van der Waals surface area contributed by atoms with Gasteiger partial charge in [-0.25, -0.2) is 12.8 Å². The number of halogens is 2. The second-order valence-corrected chi connectivity index (χ2v) is 8.43. The van der Waals surface area contributed by atoms with Crippen molar-refractivity contribution in [3.63, 3.8) is 0 Å². The van der Waals surface area contributed by atoms with Gasteiger partial charge in [0.2, 0.25) is 21.7 Å². The molecule has 0 unspecified atom stereocenters. The van der Waals surface area contributed by atoms with Crippen LogP contribution in [0.1, 0.15) is 12.8 Å². The Hall–Kier alpha value is -2.92. The molecule has 1 N–H and O–H groups in total. The van der Waals surface area contributed by atoms with Gasteiger partial charge in [-0.15, -0.1) is 0 Å². The summed E-state index contributed by atoms with van der Waals surface area (Å²) in [6.45, 7) is 0.0522. The molecule has 8 nitrogen and oxygen atoms in total. The van der Waals surface area contributed by atoms with E-state index in [2.05, 4.69) is 5.32 Å². The average molecular weight is 425 g/mol. The molecule has 154 valence electrons. The van der Waals surface area contributed by atoms with E-state index >= 15 is 0 Å². The Morgan fingerprint density at radius 2 is 1.76 bits per heavy atom. The first-order valence-electron chi connectivity index (χ1n) is 8.69. The van der Waals surface area contributed by atoms with Gasteiger partial charge in [-0.1, -0.05) is 12.1 Å². The Kier molecular flexibility index (Phi) is 5.89. The van der Waals surface area contributed by atoms with Crippen molar-refractivity contribution in [2.75, 3.05) is 18.4 Å². The highest BCUT2D eigenvalue weighted by molar-refractivity contribution is 7.89. The standard InChI is InChI=1S/C18H17F2N3O5S/c19-14-6-5-13(11-16(14)23(25)26)21-18(24)12-7-9-22(10-8-12)29(27,28)17-4-2-1-3-15(17)20/h1-6,11-12H,7-10H2,(H,21,24). The average Bonchev–Trinajstić information content (AvgIpc) is 2.69. The molecular weight excluding hydrogens is 408 g/mol. The van der Waals surface area contributed by atoms with Crippen LogP contribution in [0, 0.1) is 27.7 Å². The molecule has 2 aromatic carbocycles. The zero-order chi connectivity index (χ0) is 21.2. The predicted octanol–water partition coefficient (Wildman–Crippen LogP) is 2.91. The number of nitro groups is 1. The van der Waals surface area contributed by atoms with E-state index in [1.807, 2.05) is 0 Å². The fraction of sp³-hybridized carbons (Fsp3) is 0.278. The van der Waals surface area contributed by atoms with Crippen molar-refractivity contribution in [3.05, 3.63) is 64.2 Å². The lowest BCUT2D eigenvalue weighted by Gasteiger charge is -2.30. The minimum atomic E-state index is -4.01. The third kappa shape index (κ3) is 4.40. The van der Waals surface area contributed by atoms with Gasteiger partial charge in [-0.3, -0.25) is 14.9 Å². The molecule has 29 heavy (non-hydrogen) atoms. The summed E-state index contributed by atoms with van der Waals surface area (Å²) in [4.78, 5) is 21.9. The van der Waals surface area contributed by atoms with E-state index in [9.17, 15) is 32.1 Å². The van der Waals surface area contributed by atoms with Gasteiger partial charge in [-0.05, 0) is 37.1 Å². The SMILES string of the molecule is O=C(Nc1ccc(F)c([N+](=O)[O-])c1)C1CCN(S(=O)(=O)c2ccccc2F)CC1. The molecule has 1 aliphatic rings. The first-order chi connectivity index (χ1) is 13.7. The quantitative estimate of drug-likeness (QED) is 0.585. The van der Waals surface area contributed by atoms with Crippen molar-refractivity contribution in [1.82, 2.24) is 4.31 Å². The fourth-order valence-electron chi connectivity index (χ4n) is 3.13. The molecule has 1 fully saturated rings. The van der Waals surface area contributed by atoms with Gasteiger partial charge >= 0.3 is 5.69 Å². The van der Waals surface area contributed by atoms with Crippen LogP contribution in [0.15, 0.2) is 47.4 Å². The summed E-state index contributed by atoms with van der Waals surface area (Å²) in [5, 5.41) is 13.3. The van der Waals surface area contributed by atoms with Gasteiger partial charge in [0.15, 0.2) is 0 Å². The number of nitro benzene ring substituents is 1. The molecule has 0 bridgehead atoms. The second kappa shape index (κ2) is 8.21. The number of hydrogen-bond donors (Lipinski definition) is 1. The molecule has 0 radical (unpaired) electrons. The number of anilines is 1. The number of nitrogens with one attached hydrogen (secondary N) is 1. The van der Waals surface area contributed by atoms with Crippen LogP contribution in [0.5, 0.6) is 0 Å². The van der Waals surface area contributed by atoms with E-state index in [0.717, 1.165) is 22.5 Å². The van der Waals surface area contributed by atoms with Crippen LogP contribution >= 0.6 is 0 Å². The molecule has 0 saturated carbocycles. The highest BCUT2D eigenvalue weighted by Gasteiger charge is 2.33. The summed E-state index contributed by atoms with van der Waals surface area (Å²) in [7, 11) is -4.01. The van der Waals surface area contributed by atoms with Crippen molar-refractivity contribution in [2.24, 2.45) is 5.92 Å². The first-order valence-corrected chi connectivity index (χ1v) is 10.1. The summed E-state index contributed by atoms with van der Waals surface area (Å²) < 4.78 is 53.6. The topological polar surface area (TPSA) is 110 Å². The first kappa shape index (κ1) is 20.8. The van der Waals surface area contributed by atoms with Crippen LogP contribution in [0.4, 0.5) is 20.2 Å². The normalized spacial score (nSPS) is 15.8. The summed E-state index contributed by atoms with van der Waals surface area (Å²) in [5.41, 5.74) is -0.682.